The molecular weight excluding hydrogens is 278 g/mol. The van der Waals surface area contributed by atoms with Gasteiger partial charge in [-0.25, -0.2) is 4.39 Å². The van der Waals surface area contributed by atoms with E-state index in [0.717, 1.165) is 12.1 Å². The van der Waals surface area contributed by atoms with Gasteiger partial charge in [-0.15, -0.1) is 0 Å². The molecule has 1 aromatic carbocycles. The Morgan fingerprint density at radius 1 is 1.35 bits per heavy atom. The summed E-state index contributed by atoms with van der Waals surface area (Å²) in [7, 11) is 3.01. The molecule has 20 heavy (non-hydrogen) atoms. The van der Waals surface area contributed by atoms with Gasteiger partial charge >= 0.3 is 6.18 Å². The van der Waals surface area contributed by atoms with Gasteiger partial charge in [-0.1, -0.05) is 0 Å². The average Bonchev–Trinajstić information content (AvgIpc) is 2.30. The van der Waals surface area contributed by atoms with Crippen LogP contribution in [-0.4, -0.2) is 43.4 Å². The van der Waals surface area contributed by atoms with Crippen LogP contribution in [0, 0.1) is 5.82 Å². The zero-order valence-electron chi connectivity index (χ0n) is 11.2. The summed E-state index contributed by atoms with van der Waals surface area (Å²) in [5, 5.41) is 9.51. The Labute approximate surface area is 114 Å². The summed E-state index contributed by atoms with van der Waals surface area (Å²) in [4.78, 5) is 1.53. The number of hydrogen-bond donors (Lipinski definition) is 1. The topological polar surface area (TPSA) is 32.7 Å². The summed E-state index contributed by atoms with van der Waals surface area (Å²) in [6.07, 6.45) is -5.28. The van der Waals surface area contributed by atoms with E-state index in [0.29, 0.717) is 6.07 Å². The molecule has 0 aliphatic rings. The Morgan fingerprint density at radius 2 is 2.00 bits per heavy atom. The van der Waals surface area contributed by atoms with Crippen molar-refractivity contribution in [2.75, 3.05) is 27.3 Å². The van der Waals surface area contributed by atoms with E-state index in [1.165, 1.54) is 12.0 Å². The molecule has 0 aliphatic carbocycles. The van der Waals surface area contributed by atoms with Crippen LogP contribution < -0.4 is 0 Å². The Bertz CT molecular complexity index is 437. The molecule has 1 rings (SSSR count). The minimum atomic E-state index is -4.50. The first kappa shape index (κ1) is 16.9. The Morgan fingerprint density at radius 3 is 2.55 bits per heavy atom. The molecule has 0 aliphatic heterocycles. The van der Waals surface area contributed by atoms with Gasteiger partial charge in [0.05, 0.1) is 18.3 Å². The number of benzene rings is 1. The third kappa shape index (κ3) is 5.07. The van der Waals surface area contributed by atoms with Gasteiger partial charge in [0.15, 0.2) is 0 Å². The SMILES string of the molecule is COCC(O)CN(C)Cc1cc(C(F)(F)F)ccc1F. The summed E-state index contributed by atoms with van der Waals surface area (Å²) >= 11 is 0. The molecule has 1 aromatic rings. The van der Waals surface area contributed by atoms with Gasteiger partial charge in [-0.2, -0.15) is 13.2 Å². The number of hydrogen-bond acceptors (Lipinski definition) is 3. The number of halogens is 4. The van der Waals surface area contributed by atoms with E-state index in [1.54, 1.807) is 7.05 Å². The Hall–Kier alpha value is -1.18. The van der Waals surface area contributed by atoms with E-state index in [2.05, 4.69) is 0 Å². The number of ether oxygens (including phenoxy) is 1. The van der Waals surface area contributed by atoms with Gasteiger partial charge < -0.3 is 9.84 Å². The molecule has 0 spiro atoms. The van der Waals surface area contributed by atoms with Crippen molar-refractivity contribution in [3.63, 3.8) is 0 Å². The quantitative estimate of drug-likeness (QED) is 0.817. The number of rotatable bonds is 6. The standard InChI is InChI=1S/C13H17F4NO2/c1-18(7-11(19)8-20-2)6-9-5-10(13(15,16)17)3-4-12(9)14/h3-5,11,19H,6-8H2,1-2H3. The van der Waals surface area contributed by atoms with Crippen LogP contribution in [0.2, 0.25) is 0 Å². The van der Waals surface area contributed by atoms with Gasteiger partial charge in [0.25, 0.3) is 0 Å². The molecule has 1 atom stereocenters. The zero-order valence-corrected chi connectivity index (χ0v) is 11.2. The van der Waals surface area contributed by atoms with E-state index in [1.807, 2.05) is 0 Å². The molecular formula is C13H17F4NO2. The Balaban J connectivity index is 2.76. The second-order valence-corrected chi connectivity index (χ2v) is 4.61. The van der Waals surface area contributed by atoms with Crippen LogP contribution in [-0.2, 0) is 17.5 Å². The molecule has 0 bridgehead atoms. The van der Waals surface area contributed by atoms with Crippen molar-refractivity contribution in [2.24, 2.45) is 0 Å². The molecule has 3 nitrogen and oxygen atoms in total. The van der Waals surface area contributed by atoms with Crippen LogP contribution in [0.3, 0.4) is 0 Å². The zero-order chi connectivity index (χ0) is 15.3. The average molecular weight is 295 g/mol. The minimum Gasteiger partial charge on any atom is -0.389 e. The summed E-state index contributed by atoms with van der Waals surface area (Å²) in [5.74, 6) is -0.703. The number of aliphatic hydroxyl groups excluding tert-OH is 1. The fourth-order valence-corrected chi connectivity index (χ4v) is 1.83. The molecule has 0 heterocycles. The minimum absolute atomic E-state index is 0.0312. The lowest BCUT2D eigenvalue weighted by Gasteiger charge is -2.21. The fourth-order valence-electron chi connectivity index (χ4n) is 1.83. The summed E-state index contributed by atoms with van der Waals surface area (Å²) in [5.41, 5.74) is -0.952. The molecule has 0 radical (unpaired) electrons. The van der Waals surface area contributed by atoms with Crippen molar-refractivity contribution in [3.05, 3.63) is 35.1 Å². The van der Waals surface area contributed by atoms with Gasteiger partial charge in [-0.05, 0) is 25.2 Å². The maximum absolute atomic E-state index is 13.5. The second kappa shape index (κ2) is 7.01. The number of nitrogens with zero attached hydrogens (tertiary/aromatic N) is 1. The predicted molar refractivity (Wildman–Crippen MR) is 65.6 cm³/mol. The molecule has 0 saturated heterocycles. The van der Waals surface area contributed by atoms with E-state index >= 15 is 0 Å². The highest BCUT2D eigenvalue weighted by Gasteiger charge is 2.31. The maximum atomic E-state index is 13.5. The van der Waals surface area contributed by atoms with Crippen molar-refractivity contribution in [1.29, 1.82) is 0 Å². The van der Waals surface area contributed by atoms with Crippen molar-refractivity contribution in [1.82, 2.24) is 4.90 Å². The summed E-state index contributed by atoms with van der Waals surface area (Å²) < 4.78 is 55.9. The van der Waals surface area contributed by atoms with Gasteiger partial charge in [-0.3, -0.25) is 4.90 Å². The first-order valence-corrected chi connectivity index (χ1v) is 5.95. The second-order valence-electron chi connectivity index (χ2n) is 4.61. The molecule has 0 fully saturated rings. The van der Waals surface area contributed by atoms with Crippen molar-refractivity contribution >= 4 is 0 Å². The smallest absolute Gasteiger partial charge is 0.389 e. The van der Waals surface area contributed by atoms with E-state index < -0.39 is 23.7 Å². The summed E-state index contributed by atoms with van der Waals surface area (Å²) in [6, 6.07) is 2.30. The van der Waals surface area contributed by atoms with Crippen LogP contribution in [0.25, 0.3) is 0 Å². The fraction of sp³-hybridized carbons (Fsp3) is 0.538. The lowest BCUT2D eigenvalue weighted by molar-refractivity contribution is -0.137. The van der Waals surface area contributed by atoms with Crippen molar-refractivity contribution in [3.8, 4) is 0 Å². The van der Waals surface area contributed by atoms with Crippen LogP contribution in [0.1, 0.15) is 11.1 Å². The monoisotopic (exact) mass is 295 g/mol. The predicted octanol–water partition coefficient (Wildman–Crippen LogP) is 2.28. The largest absolute Gasteiger partial charge is 0.416 e. The summed E-state index contributed by atoms with van der Waals surface area (Å²) in [6.45, 7) is 0.246. The van der Waals surface area contributed by atoms with Gasteiger partial charge in [0, 0.05) is 25.8 Å². The lowest BCUT2D eigenvalue weighted by Crippen LogP contribution is -2.31. The van der Waals surface area contributed by atoms with E-state index in [-0.39, 0.29) is 25.3 Å². The lowest BCUT2D eigenvalue weighted by atomic mass is 10.1. The van der Waals surface area contributed by atoms with Crippen molar-refractivity contribution in [2.45, 2.75) is 18.8 Å². The van der Waals surface area contributed by atoms with Crippen molar-refractivity contribution < 1.29 is 27.4 Å². The molecule has 0 saturated carbocycles. The highest BCUT2D eigenvalue weighted by atomic mass is 19.4. The number of aliphatic hydroxyl groups is 1. The van der Waals surface area contributed by atoms with Crippen LogP contribution in [0.5, 0.6) is 0 Å². The third-order valence-electron chi connectivity index (χ3n) is 2.69. The highest BCUT2D eigenvalue weighted by molar-refractivity contribution is 5.27. The highest BCUT2D eigenvalue weighted by Crippen LogP contribution is 2.30. The normalized spacial score (nSPS) is 13.8. The third-order valence-corrected chi connectivity index (χ3v) is 2.69. The van der Waals surface area contributed by atoms with E-state index in [4.69, 9.17) is 4.74 Å². The number of alkyl halides is 3. The van der Waals surface area contributed by atoms with Crippen LogP contribution in [0.4, 0.5) is 17.6 Å². The Kier molecular flexibility index (Phi) is 5.91. The van der Waals surface area contributed by atoms with Gasteiger partial charge in [0.1, 0.15) is 5.82 Å². The van der Waals surface area contributed by atoms with Gasteiger partial charge in [0.2, 0.25) is 0 Å². The molecule has 1 N–H and O–H groups in total. The molecule has 1 unspecified atom stereocenters. The molecule has 0 aromatic heterocycles. The first-order valence-electron chi connectivity index (χ1n) is 5.95. The maximum Gasteiger partial charge on any atom is 0.416 e. The number of likely N-dealkylation sites (N-methyl/N-ethyl adjacent to an activating group) is 1. The van der Waals surface area contributed by atoms with Crippen LogP contribution in [0.15, 0.2) is 18.2 Å². The number of methoxy groups -OCH3 is 1. The molecule has 114 valence electrons. The molecule has 0 amide bonds. The van der Waals surface area contributed by atoms with E-state index in [9.17, 15) is 22.7 Å². The first-order chi connectivity index (χ1) is 9.24. The van der Waals surface area contributed by atoms with Crippen LogP contribution >= 0.6 is 0 Å². The molecule has 7 heteroatoms.